The summed E-state index contributed by atoms with van der Waals surface area (Å²) < 4.78 is 0. The Morgan fingerprint density at radius 1 is 1.00 bits per heavy atom. The Bertz CT molecular complexity index is 484. The van der Waals surface area contributed by atoms with Gasteiger partial charge in [0.2, 0.25) is 0 Å². The molecule has 0 aromatic heterocycles. The Morgan fingerprint density at radius 3 is 2.22 bits per heavy atom. The Hall–Kier alpha value is -0.960. The molecule has 2 atom stereocenters. The molecule has 0 bridgehead atoms. The molecule has 0 aliphatic carbocycles. The topological polar surface area (TPSA) is 20.2 Å². The Labute approximate surface area is 117 Å². The summed E-state index contributed by atoms with van der Waals surface area (Å²) in [6, 6.07) is 17.5. The van der Waals surface area contributed by atoms with Crippen molar-refractivity contribution < 1.29 is 5.11 Å². The predicted octanol–water partition coefficient (Wildman–Crippen LogP) is 4.55. The van der Waals surface area contributed by atoms with Crippen LogP contribution in [-0.4, -0.2) is 10.4 Å². The Balaban J connectivity index is 2.05. The molecule has 0 spiro atoms. The summed E-state index contributed by atoms with van der Waals surface area (Å²) in [6.45, 7) is 2.02. The first-order chi connectivity index (χ1) is 8.66. The van der Waals surface area contributed by atoms with Crippen molar-refractivity contribution in [2.75, 3.05) is 0 Å². The minimum absolute atomic E-state index is 0.0913. The number of thioether (sulfide) groups is 1. The molecule has 0 aliphatic heterocycles. The van der Waals surface area contributed by atoms with Crippen LogP contribution in [-0.2, 0) is 0 Å². The molecule has 0 radical (unpaired) electrons. The van der Waals surface area contributed by atoms with Gasteiger partial charge in [-0.1, -0.05) is 48.9 Å². The summed E-state index contributed by atoms with van der Waals surface area (Å²) in [5, 5.41) is 11.1. The fraction of sp³-hybridized carbons (Fsp3) is 0.200. The largest absolute Gasteiger partial charge is 0.387 e. The molecular formula is C15H15ClOS. The maximum absolute atomic E-state index is 10.3. The average Bonchev–Trinajstić information content (AvgIpc) is 2.40. The zero-order valence-corrected chi connectivity index (χ0v) is 11.7. The van der Waals surface area contributed by atoms with Gasteiger partial charge >= 0.3 is 0 Å². The lowest BCUT2D eigenvalue weighted by Gasteiger charge is -2.18. The summed E-state index contributed by atoms with van der Waals surface area (Å²) >= 11 is 7.51. The Morgan fingerprint density at radius 2 is 1.61 bits per heavy atom. The second-order valence-electron chi connectivity index (χ2n) is 4.13. The first-order valence-electron chi connectivity index (χ1n) is 5.82. The van der Waals surface area contributed by atoms with Gasteiger partial charge in [-0.15, -0.1) is 11.8 Å². The number of benzene rings is 2. The van der Waals surface area contributed by atoms with Crippen molar-refractivity contribution in [3.05, 3.63) is 65.2 Å². The van der Waals surface area contributed by atoms with Crippen molar-refractivity contribution in [3.8, 4) is 0 Å². The van der Waals surface area contributed by atoms with Gasteiger partial charge in [-0.2, -0.15) is 0 Å². The van der Waals surface area contributed by atoms with E-state index >= 15 is 0 Å². The standard InChI is InChI=1S/C15H15ClOS/c1-11(18-14-5-3-2-4-6-14)15(17)12-7-9-13(16)10-8-12/h2-11,15,17H,1H3/t11-,15-/m0/s1. The molecule has 18 heavy (non-hydrogen) atoms. The second kappa shape index (κ2) is 6.28. The molecule has 2 aromatic rings. The number of hydrogen-bond acceptors (Lipinski definition) is 2. The lowest BCUT2D eigenvalue weighted by molar-refractivity contribution is 0.179. The van der Waals surface area contributed by atoms with Crippen molar-refractivity contribution in [1.29, 1.82) is 0 Å². The van der Waals surface area contributed by atoms with Gasteiger partial charge in [0.15, 0.2) is 0 Å². The summed E-state index contributed by atoms with van der Waals surface area (Å²) in [6.07, 6.45) is -0.493. The van der Waals surface area contributed by atoms with E-state index in [-0.39, 0.29) is 5.25 Å². The van der Waals surface area contributed by atoms with Crippen LogP contribution >= 0.6 is 23.4 Å². The summed E-state index contributed by atoms with van der Waals surface area (Å²) in [7, 11) is 0. The molecule has 0 unspecified atom stereocenters. The number of aliphatic hydroxyl groups excluding tert-OH is 1. The molecular weight excluding hydrogens is 264 g/mol. The van der Waals surface area contributed by atoms with E-state index in [1.807, 2.05) is 37.3 Å². The van der Waals surface area contributed by atoms with E-state index in [9.17, 15) is 5.11 Å². The third-order valence-corrected chi connectivity index (χ3v) is 4.15. The molecule has 2 rings (SSSR count). The summed E-state index contributed by atoms with van der Waals surface area (Å²) in [5.74, 6) is 0. The minimum atomic E-state index is -0.493. The van der Waals surface area contributed by atoms with Crippen molar-refractivity contribution in [2.24, 2.45) is 0 Å². The van der Waals surface area contributed by atoms with E-state index < -0.39 is 6.10 Å². The molecule has 2 aromatic carbocycles. The minimum Gasteiger partial charge on any atom is -0.387 e. The van der Waals surface area contributed by atoms with Crippen LogP contribution in [0.1, 0.15) is 18.6 Å². The van der Waals surface area contributed by atoms with Gasteiger partial charge < -0.3 is 5.11 Å². The molecule has 1 nitrogen and oxygen atoms in total. The van der Waals surface area contributed by atoms with Crippen LogP contribution < -0.4 is 0 Å². The van der Waals surface area contributed by atoms with E-state index in [0.717, 1.165) is 10.5 Å². The van der Waals surface area contributed by atoms with Crippen molar-refractivity contribution in [3.63, 3.8) is 0 Å². The molecule has 0 heterocycles. The number of aliphatic hydroxyl groups is 1. The average molecular weight is 279 g/mol. The van der Waals surface area contributed by atoms with Crippen molar-refractivity contribution in [1.82, 2.24) is 0 Å². The molecule has 94 valence electrons. The SMILES string of the molecule is C[C@H](Sc1ccccc1)[C@H](O)c1ccc(Cl)cc1. The predicted molar refractivity (Wildman–Crippen MR) is 78.2 cm³/mol. The maximum Gasteiger partial charge on any atom is 0.0909 e. The molecule has 0 amide bonds. The summed E-state index contributed by atoms with van der Waals surface area (Å²) in [4.78, 5) is 1.16. The highest BCUT2D eigenvalue weighted by molar-refractivity contribution is 8.00. The first kappa shape index (κ1) is 13.5. The fourth-order valence-electron chi connectivity index (χ4n) is 1.71. The Kier molecular flexibility index (Phi) is 4.70. The highest BCUT2D eigenvalue weighted by Crippen LogP contribution is 2.32. The van der Waals surface area contributed by atoms with Crippen LogP contribution in [0.2, 0.25) is 5.02 Å². The van der Waals surface area contributed by atoms with E-state index in [4.69, 9.17) is 11.6 Å². The third-order valence-electron chi connectivity index (χ3n) is 2.72. The lowest BCUT2D eigenvalue weighted by Crippen LogP contribution is -2.10. The van der Waals surface area contributed by atoms with Crippen LogP contribution in [0.25, 0.3) is 0 Å². The van der Waals surface area contributed by atoms with Crippen LogP contribution in [0.15, 0.2) is 59.5 Å². The van der Waals surface area contributed by atoms with Gasteiger partial charge in [0, 0.05) is 15.2 Å². The molecule has 0 fully saturated rings. The second-order valence-corrected chi connectivity index (χ2v) is 6.02. The van der Waals surface area contributed by atoms with Gasteiger partial charge in [0.25, 0.3) is 0 Å². The quantitative estimate of drug-likeness (QED) is 0.828. The van der Waals surface area contributed by atoms with Crippen LogP contribution in [0.5, 0.6) is 0 Å². The zero-order chi connectivity index (χ0) is 13.0. The van der Waals surface area contributed by atoms with Crippen molar-refractivity contribution in [2.45, 2.75) is 23.2 Å². The van der Waals surface area contributed by atoms with Gasteiger partial charge in [-0.3, -0.25) is 0 Å². The van der Waals surface area contributed by atoms with Crippen LogP contribution in [0.4, 0.5) is 0 Å². The van der Waals surface area contributed by atoms with Crippen LogP contribution in [0, 0.1) is 0 Å². The molecule has 1 N–H and O–H groups in total. The van der Waals surface area contributed by atoms with E-state index in [2.05, 4.69) is 12.1 Å². The van der Waals surface area contributed by atoms with E-state index in [1.165, 1.54) is 0 Å². The fourth-order valence-corrected chi connectivity index (χ4v) is 2.86. The van der Waals surface area contributed by atoms with Crippen LogP contribution in [0.3, 0.4) is 0 Å². The number of halogens is 1. The number of rotatable bonds is 4. The lowest BCUT2D eigenvalue weighted by atomic mass is 10.1. The van der Waals surface area contributed by atoms with Gasteiger partial charge in [-0.25, -0.2) is 0 Å². The summed E-state index contributed by atoms with van der Waals surface area (Å²) in [5.41, 5.74) is 0.898. The number of hydrogen-bond donors (Lipinski definition) is 1. The smallest absolute Gasteiger partial charge is 0.0909 e. The molecule has 0 aliphatic rings. The first-order valence-corrected chi connectivity index (χ1v) is 7.08. The zero-order valence-electron chi connectivity index (χ0n) is 10.1. The highest BCUT2D eigenvalue weighted by Gasteiger charge is 2.17. The third kappa shape index (κ3) is 3.52. The van der Waals surface area contributed by atoms with Gasteiger partial charge in [0.05, 0.1) is 6.10 Å². The monoisotopic (exact) mass is 278 g/mol. The molecule has 3 heteroatoms. The van der Waals surface area contributed by atoms with Gasteiger partial charge in [0.1, 0.15) is 0 Å². The molecule has 0 saturated carbocycles. The van der Waals surface area contributed by atoms with Gasteiger partial charge in [-0.05, 0) is 29.8 Å². The normalized spacial score (nSPS) is 14.2. The highest BCUT2D eigenvalue weighted by atomic mass is 35.5. The van der Waals surface area contributed by atoms with Crippen molar-refractivity contribution >= 4 is 23.4 Å². The molecule has 0 saturated heterocycles. The van der Waals surface area contributed by atoms with E-state index in [0.29, 0.717) is 5.02 Å². The maximum atomic E-state index is 10.3. The van der Waals surface area contributed by atoms with E-state index in [1.54, 1.807) is 23.9 Å².